The number of anilines is 1. The van der Waals surface area contributed by atoms with Gasteiger partial charge in [0.25, 0.3) is 0 Å². The molecule has 0 atom stereocenters. The monoisotopic (exact) mass is 409 g/mol. The van der Waals surface area contributed by atoms with Gasteiger partial charge >= 0.3 is 6.03 Å². The summed E-state index contributed by atoms with van der Waals surface area (Å²) in [6, 6.07) is 5.45. The number of piperidine rings is 1. The van der Waals surface area contributed by atoms with Crippen molar-refractivity contribution in [3.05, 3.63) is 23.8 Å². The summed E-state index contributed by atoms with van der Waals surface area (Å²) < 4.78 is 32.5. The number of sulfonamides is 1. The predicted octanol–water partition coefficient (Wildman–Crippen LogP) is 3.11. The van der Waals surface area contributed by atoms with Gasteiger partial charge < -0.3 is 15.0 Å². The van der Waals surface area contributed by atoms with Gasteiger partial charge in [-0.25, -0.2) is 17.9 Å². The van der Waals surface area contributed by atoms with E-state index in [1.807, 2.05) is 25.1 Å². The molecule has 0 bridgehead atoms. The average molecular weight is 410 g/mol. The zero-order chi connectivity index (χ0) is 20.3. The number of nitrogens with one attached hydrogen (secondary N) is 2. The fourth-order valence-electron chi connectivity index (χ4n) is 3.13. The highest BCUT2D eigenvalue weighted by molar-refractivity contribution is 7.90. The average Bonchev–Trinajstić information content (AvgIpc) is 3.46. The number of nitrogens with zero attached hydrogens (tertiary/aromatic N) is 1. The molecule has 28 heavy (non-hydrogen) atoms. The minimum absolute atomic E-state index is 0.110. The van der Waals surface area contributed by atoms with E-state index in [-0.39, 0.29) is 12.1 Å². The Balaban J connectivity index is 1.48. The maximum atomic E-state index is 12.6. The van der Waals surface area contributed by atoms with Gasteiger partial charge in [-0.05, 0) is 76.1 Å². The molecule has 1 saturated heterocycles. The predicted molar refractivity (Wildman–Crippen MR) is 110 cm³/mol. The molecule has 0 aromatic heterocycles. The van der Waals surface area contributed by atoms with Crippen molar-refractivity contribution in [2.45, 2.75) is 57.7 Å². The zero-order valence-corrected chi connectivity index (χ0v) is 17.7. The molecule has 1 aromatic rings. The number of amides is 2. The Morgan fingerprint density at radius 3 is 2.46 bits per heavy atom. The van der Waals surface area contributed by atoms with Crippen molar-refractivity contribution in [3.8, 4) is 5.75 Å². The van der Waals surface area contributed by atoms with Crippen LogP contribution in [-0.2, 0) is 10.0 Å². The molecule has 1 aliphatic heterocycles. The first-order chi connectivity index (χ1) is 13.2. The van der Waals surface area contributed by atoms with Gasteiger partial charge in [-0.1, -0.05) is 0 Å². The molecule has 1 aliphatic carbocycles. The van der Waals surface area contributed by atoms with Gasteiger partial charge in [-0.3, -0.25) is 0 Å². The number of ether oxygens (including phenoxy) is 1. The van der Waals surface area contributed by atoms with Crippen molar-refractivity contribution < 1.29 is 17.9 Å². The molecule has 0 spiro atoms. The van der Waals surface area contributed by atoms with Gasteiger partial charge in [0.1, 0.15) is 5.75 Å². The molecule has 3 rings (SSSR count). The van der Waals surface area contributed by atoms with Gasteiger partial charge in [-0.15, -0.1) is 0 Å². The fraction of sp³-hybridized carbons (Fsp3) is 0.650. The Morgan fingerprint density at radius 2 is 1.89 bits per heavy atom. The minimum Gasteiger partial charge on any atom is -0.493 e. The van der Waals surface area contributed by atoms with Gasteiger partial charge in [0, 0.05) is 24.8 Å². The minimum atomic E-state index is -3.28. The molecule has 0 unspecified atom stereocenters. The second kappa shape index (κ2) is 8.69. The summed E-state index contributed by atoms with van der Waals surface area (Å²) in [7, 11) is -3.28. The fourth-order valence-corrected chi connectivity index (χ4v) is 4.10. The largest absolute Gasteiger partial charge is 0.493 e. The lowest BCUT2D eigenvalue weighted by Gasteiger charge is -2.32. The van der Waals surface area contributed by atoms with E-state index in [0.717, 1.165) is 23.6 Å². The number of likely N-dealkylation sites (tertiary alicyclic amines) is 1. The first kappa shape index (κ1) is 20.9. The molecule has 2 fully saturated rings. The molecule has 1 heterocycles. The lowest BCUT2D eigenvalue weighted by Crippen LogP contribution is -2.48. The summed E-state index contributed by atoms with van der Waals surface area (Å²) in [5.41, 5.74) is 1.73. The Labute approximate surface area is 167 Å². The van der Waals surface area contributed by atoms with Crippen LogP contribution in [0, 0.1) is 12.8 Å². The van der Waals surface area contributed by atoms with E-state index in [0.29, 0.717) is 31.8 Å². The Hall–Kier alpha value is -1.80. The van der Waals surface area contributed by atoms with Gasteiger partial charge in [0.15, 0.2) is 0 Å². The molecule has 156 valence electrons. The molecule has 7 nitrogen and oxygen atoms in total. The standard InChI is InChI=1S/C20H31N3O4S/c1-14(2)28(25,26)22-17-8-10-23(11-9-17)20(24)21-19-7-6-18(12-15(19)3)27-13-16-4-5-16/h6-7,12,14,16-17,22H,4-5,8-11,13H2,1-3H3,(H,21,24). The number of rotatable bonds is 7. The van der Waals surface area contributed by atoms with Gasteiger partial charge in [0.05, 0.1) is 11.9 Å². The summed E-state index contributed by atoms with van der Waals surface area (Å²) in [6.45, 7) is 7.09. The van der Waals surface area contributed by atoms with Crippen LogP contribution in [-0.4, -0.2) is 50.3 Å². The van der Waals surface area contributed by atoms with E-state index < -0.39 is 15.3 Å². The second-order valence-electron chi connectivity index (χ2n) is 8.13. The van der Waals surface area contributed by atoms with Crippen LogP contribution in [0.25, 0.3) is 0 Å². The third-order valence-electron chi connectivity index (χ3n) is 5.36. The summed E-state index contributed by atoms with van der Waals surface area (Å²) in [5.74, 6) is 1.54. The van der Waals surface area contributed by atoms with E-state index >= 15 is 0 Å². The quantitative estimate of drug-likeness (QED) is 0.724. The number of carbonyl (C=O) groups excluding carboxylic acids is 1. The van der Waals surface area contributed by atoms with E-state index in [4.69, 9.17) is 4.74 Å². The smallest absolute Gasteiger partial charge is 0.321 e. The first-order valence-corrected chi connectivity index (χ1v) is 11.6. The third kappa shape index (κ3) is 5.61. The van der Waals surface area contributed by atoms with Crippen molar-refractivity contribution in [1.29, 1.82) is 0 Å². The van der Waals surface area contributed by atoms with Crippen molar-refractivity contribution in [2.24, 2.45) is 5.92 Å². The molecule has 8 heteroatoms. The van der Waals surface area contributed by atoms with Crippen molar-refractivity contribution in [1.82, 2.24) is 9.62 Å². The highest BCUT2D eigenvalue weighted by Crippen LogP contribution is 2.30. The van der Waals surface area contributed by atoms with Gasteiger partial charge in [0.2, 0.25) is 10.0 Å². The summed E-state index contributed by atoms with van der Waals surface area (Å²) >= 11 is 0. The zero-order valence-electron chi connectivity index (χ0n) is 16.9. The van der Waals surface area contributed by atoms with Crippen LogP contribution in [0.15, 0.2) is 18.2 Å². The Bertz CT molecular complexity index is 798. The number of urea groups is 1. The lowest BCUT2D eigenvalue weighted by molar-refractivity contribution is 0.193. The molecule has 2 aliphatic rings. The molecule has 2 N–H and O–H groups in total. The normalized spacial score (nSPS) is 18.4. The molecule has 2 amide bonds. The summed E-state index contributed by atoms with van der Waals surface area (Å²) in [4.78, 5) is 14.3. The van der Waals surface area contributed by atoms with Crippen LogP contribution in [0.2, 0.25) is 0 Å². The number of benzene rings is 1. The van der Waals surface area contributed by atoms with Gasteiger partial charge in [-0.2, -0.15) is 0 Å². The third-order valence-corrected chi connectivity index (χ3v) is 7.26. The maximum Gasteiger partial charge on any atom is 0.321 e. The first-order valence-electron chi connectivity index (χ1n) is 10.0. The second-order valence-corrected chi connectivity index (χ2v) is 10.4. The van der Waals surface area contributed by atoms with E-state index in [1.165, 1.54) is 12.8 Å². The highest BCUT2D eigenvalue weighted by Gasteiger charge is 2.27. The lowest BCUT2D eigenvalue weighted by atomic mass is 10.1. The Morgan fingerprint density at radius 1 is 1.21 bits per heavy atom. The summed E-state index contributed by atoms with van der Waals surface area (Å²) in [5, 5.41) is 2.51. The number of hydrogen-bond donors (Lipinski definition) is 2. The van der Waals surface area contributed by atoms with Crippen LogP contribution < -0.4 is 14.8 Å². The van der Waals surface area contributed by atoms with E-state index in [1.54, 1.807) is 18.7 Å². The maximum absolute atomic E-state index is 12.6. The van der Waals surface area contributed by atoms with E-state index in [9.17, 15) is 13.2 Å². The Kier molecular flexibility index (Phi) is 6.50. The van der Waals surface area contributed by atoms with Crippen LogP contribution in [0.1, 0.15) is 45.1 Å². The molecule has 1 saturated carbocycles. The van der Waals surface area contributed by atoms with Crippen LogP contribution in [0.5, 0.6) is 5.75 Å². The number of carbonyl (C=O) groups is 1. The molecule has 0 radical (unpaired) electrons. The topological polar surface area (TPSA) is 87.7 Å². The highest BCUT2D eigenvalue weighted by atomic mass is 32.2. The SMILES string of the molecule is Cc1cc(OCC2CC2)ccc1NC(=O)N1CCC(NS(=O)(=O)C(C)C)CC1. The van der Waals surface area contributed by atoms with E-state index in [2.05, 4.69) is 10.0 Å². The van der Waals surface area contributed by atoms with Crippen LogP contribution >= 0.6 is 0 Å². The molecular formula is C20H31N3O4S. The van der Waals surface area contributed by atoms with Crippen molar-refractivity contribution >= 4 is 21.7 Å². The van der Waals surface area contributed by atoms with Crippen molar-refractivity contribution in [3.63, 3.8) is 0 Å². The van der Waals surface area contributed by atoms with Crippen LogP contribution in [0.3, 0.4) is 0 Å². The molecular weight excluding hydrogens is 378 g/mol. The van der Waals surface area contributed by atoms with Crippen molar-refractivity contribution in [2.75, 3.05) is 25.0 Å². The molecule has 1 aromatic carbocycles. The number of hydrogen-bond acceptors (Lipinski definition) is 4. The number of aryl methyl sites for hydroxylation is 1. The van der Waals surface area contributed by atoms with Crippen LogP contribution in [0.4, 0.5) is 10.5 Å². The summed E-state index contributed by atoms with van der Waals surface area (Å²) in [6.07, 6.45) is 3.74.